The van der Waals surface area contributed by atoms with Crippen LogP contribution in [0.15, 0.2) is 12.1 Å². The van der Waals surface area contributed by atoms with E-state index in [0.29, 0.717) is 0 Å². The van der Waals surface area contributed by atoms with Crippen LogP contribution in [0.5, 0.6) is 11.5 Å². The van der Waals surface area contributed by atoms with Gasteiger partial charge in [-0.15, -0.1) is 0 Å². The highest BCUT2D eigenvalue weighted by molar-refractivity contribution is 5.50. The predicted molar refractivity (Wildman–Crippen MR) is 79.1 cm³/mol. The first-order chi connectivity index (χ1) is 9.79. The van der Waals surface area contributed by atoms with E-state index in [9.17, 15) is 20.4 Å². The monoisotopic (exact) mass is 296 g/mol. The molecule has 0 bridgehead atoms. The molecule has 0 heterocycles. The molecular formula is C15H24N2O4. The van der Waals surface area contributed by atoms with Crippen molar-refractivity contribution in [2.45, 2.75) is 44.1 Å². The average molecular weight is 296 g/mol. The molecule has 21 heavy (non-hydrogen) atoms. The Bertz CT molecular complexity index is 519. The normalized spacial score (nSPS) is 29.0. The molecule has 0 aliphatic heterocycles. The van der Waals surface area contributed by atoms with Gasteiger partial charge in [-0.3, -0.25) is 0 Å². The first-order valence-electron chi connectivity index (χ1n) is 7.14. The van der Waals surface area contributed by atoms with Gasteiger partial charge in [0.05, 0.1) is 0 Å². The van der Waals surface area contributed by atoms with Crippen molar-refractivity contribution in [3.05, 3.63) is 23.3 Å². The first-order valence-corrected chi connectivity index (χ1v) is 7.14. The van der Waals surface area contributed by atoms with Gasteiger partial charge in [0.15, 0.2) is 6.29 Å². The predicted octanol–water partition coefficient (Wildman–Crippen LogP) is 0.161. The van der Waals surface area contributed by atoms with Gasteiger partial charge in [-0.2, -0.15) is 0 Å². The van der Waals surface area contributed by atoms with Crippen molar-refractivity contribution in [3.63, 3.8) is 0 Å². The highest BCUT2D eigenvalue weighted by atomic mass is 16.5. The molecule has 2 rings (SSSR count). The molecular weight excluding hydrogens is 272 g/mol. The minimum atomic E-state index is -1.50. The smallest absolute Gasteiger partial charge is 0.157 e. The molecule has 4 atom stereocenters. The molecule has 6 nitrogen and oxygen atoms in total. The molecule has 1 fully saturated rings. The zero-order valence-electron chi connectivity index (χ0n) is 12.5. The Hall–Kier alpha value is -1.34. The molecule has 118 valence electrons. The van der Waals surface area contributed by atoms with Crippen molar-refractivity contribution in [1.29, 1.82) is 0 Å². The Balaban J connectivity index is 2.47. The van der Waals surface area contributed by atoms with Crippen LogP contribution in [0.2, 0.25) is 0 Å². The largest absolute Gasteiger partial charge is 0.508 e. The third kappa shape index (κ3) is 2.60. The van der Waals surface area contributed by atoms with Crippen LogP contribution >= 0.6 is 0 Å². The van der Waals surface area contributed by atoms with Gasteiger partial charge in [0.25, 0.3) is 0 Å². The summed E-state index contributed by atoms with van der Waals surface area (Å²) in [5.41, 5.74) is 7.60. The number of aromatic hydroxyl groups is 2. The molecule has 7 N–H and O–H groups in total. The highest BCUT2D eigenvalue weighted by Gasteiger charge is 2.52. The quantitative estimate of drug-likeness (QED) is 0.441. The van der Waals surface area contributed by atoms with Crippen LogP contribution in [0.3, 0.4) is 0 Å². The van der Waals surface area contributed by atoms with Crippen molar-refractivity contribution in [2.24, 2.45) is 11.7 Å². The Kier molecular flexibility index (Phi) is 4.43. The van der Waals surface area contributed by atoms with Crippen LogP contribution in [-0.2, 0) is 0 Å². The second kappa shape index (κ2) is 5.81. The molecule has 1 saturated carbocycles. The summed E-state index contributed by atoms with van der Waals surface area (Å²) < 4.78 is 0. The maximum absolute atomic E-state index is 10.1. The molecule has 1 aromatic rings. The maximum atomic E-state index is 10.1. The van der Waals surface area contributed by atoms with Crippen molar-refractivity contribution in [2.75, 3.05) is 7.05 Å². The summed E-state index contributed by atoms with van der Waals surface area (Å²) in [7, 11) is 1.73. The fraction of sp³-hybridized carbons (Fsp3) is 0.600. The molecule has 0 spiro atoms. The van der Waals surface area contributed by atoms with Gasteiger partial charge in [-0.05, 0) is 24.6 Å². The highest BCUT2D eigenvalue weighted by Crippen LogP contribution is 2.47. The lowest BCUT2D eigenvalue weighted by atomic mass is 9.61. The fourth-order valence-corrected chi connectivity index (χ4v) is 3.52. The van der Waals surface area contributed by atoms with E-state index >= 15 is 0 Å². The van der Waals surface area contributed by atoms with Gasteiger partial charge in [-0.1, -0.05) is 13.8 Å². The van der Waals surface area contributed by atoms with E-state index in [1.807, 2.05) is 13.8 Å². The number of nitrogens with two attached hydrogens (primary N) is 1. The van der Waals surface area contributed by atoms with Gasteiger partial charge >= 0.3 is 0 Å². The minimum Gasteiger partial charge on any atom is -0.508 e. The van der Waals surface area contributed by atoms with Crippen molar-refractivity contribution < 1.29 is 20.4 Å². The number of benzene rings is 1. The lowest BCUT2D eigenvalue weighted by Crippen LogP contribution is -2.66. The summed E-state index contributed by atoms with van der Waals surface area (Å²) in [6.45, 7) is 3.90. The number of hydrogen-bond acceptors (Lipinski definition) is 6. The number of nitrogens with one attached hydrogen (secondary N) is 1. The van der Waals surface area contributed by atoms with E-state index in [1.54, 1.807) is 13.1 Å². The Labute approximate surface area is 124 Å². The first kappa shape index (κ1) is 16.0. The van der Waals surface area contributed by atoms with Gasteiger partial charge in [0, 0.05) is 35.5 Å². The zero-order chi connectivity index (χ0) is 15.9. The Morgan fingerprint density at radius 1 is 1.19 bits per heavy atom. The second-order valence-corrected chi connectivity index (χ2v) is 6.03. The molecule has 1 aliphatic rings. The number of phenolic OH excluding ortho intramolecular Hbond substituents is 2. The van der Waals surface area contributed by atoms with Gasteiger partial charge in [0.1, 0.15) is 11.5 Å². The van der Waals surface area contributed by atoms with E-state index in [2.05, 4.69) is 5.32 Å². The zero-order valence-corrected chi connectivity index (χ0v) is 12.5. The van der Waals surface area contributed by atoms with Crippen LogP contribution in [0.1, 0.15) is 36.8 Å². The van der Waals surface area contributed by atoms with E-state index in [-0.39, 0.29) is 29.4 Å². The van der Waals surface area contributed by atoms with Crippen molar-refractivity contribution in [3.8, 4) is 11.5 Å². The van der Waals surface area contributed by atoms with Crippen molar-refractivity contribution in [1.82, 2.24) is 5.32 Å². The summed E-state index contributed by atoms with van der Waals surface area (Å²) in [5.74, 6) is -0.609. The molecule has 0 aromatic heterocycles. The number of likely N-dealkylation sites (N-methyl/N-ethyl adjacent to an activating group) is 1. The van der Waals surface area contributed by atoms with Crippen LogP contribution in [0.25, 0.3) is 0 Å². The Morgan fingerprint density at radius 3 is 2.29 bits per heavy atom. The summed E-state index contributed by atoms with van der Waals surface area (Å²) in [5, 5.41) is 41.8. The van der Waals surface area contributed by atoms with E-state index in [4.69, 9.17) is 5.73 Å². The number of aliphatic hydroxyl groups is 2. The minimum absolute atomic E-state index is 0.0260. The SMILES string of the molecule is CNC1C(c2cc(O)cc(O)c2C(C)C)C(N)C1C(O)O. The van der Waals surface area contributed by atoms with E-state index in [1.165, 1.54) is 6.07 Å². The number of aliphatic hydroxyl groups excluding tert-OH is 1. The van der Waals surface area contributed by atoms with Gasteiger partial charge in [-0.25, -0.2) is 0 Å². The second-order valence-electron chi connectivity index (χ2n) is 6.03. The fourth-order valence-electron chi connectivity index (χ4n) is 3.52. The number of phenols is 2. The molecule has 1 aromatic carbocycles. The molecule has 0 radical (unpaired) electrons. The lowest BCUT2D eigenvalue weighted by Gasteiger charge is -2.51. The Morgan fingerprint density at radius 2 is 1.81 bits per heavy atom. The summed E-state index contributed by atoms with van der Waals surface area (Å²) >= 11 is 0. The van der Waals surface area contributed by atoms with Crippen LogP contribution in [0, 0.1) is 5.92 Å². The third-order valence-electron chi connectivity index (χ3n) is 4.45. The van der Waals surface area contributed by atoms with Crippen LogP contribution in [0.4, 0.5) is 0 Å². The molecule has 4 unspecified atom stereocenters. The number of hydrogen-bond donors (Lipinski definition) is 6. The molecule has 1 aliphatic carbocycles. The van der Waals surface area contributed by atoms with Crippen LogP contribution < -0.4 is 11.1 Å². The maximum Gasteiger partial charge on any atom is 0.157 e. The average Bonchev–Trinajstić information content (AvgIpc) is 2.33. The summed E-state index contributed by atoms with van der Waals surface area (Å²) in [4.78, 5) is 0. The van der Waals surface area contributed by atoms with Crippen LogP contribution in [-0.4, -0.2) is 45.8 Å². The molecule has 0 saturated heterocycles. The molecule has 0 amide bonds. The van der Waals surface area contributed by atoms with Gasteiger partial charge < -0.3 is 31.5 Å². The lowest BCUT2D eigenvalue weighted by molar-refractivity contribution is -0.132. The summed E-state index contributed by atoms with van der Waals surface area (Å²) in [6, 6.07) is 2.24. The third-order valence-corrected chi connectivity index (χ3v) is 4.45. The van der Waals surface area contributed by atoms with E-state index in [0.717, 1.165) is 11.1 Å². The summed E-state index contributed by atoms with van der Waals surface area (Å²) in [6.07, 6.45) is -1.50. The molecule has 6 heteroatoms. The number of rotatable bonds is 4. The standard InChI is InChI=1S/C15H24N2O4/c1-6(2)10-8(4-7(18)5-9(10)19)11-13(16)12(15(20)21)14(11)17-3/h4-6,11-15,17-21H,16H2,1-3H3. The topological polar surface area (TPSA) is 119 Å². The van der Waals surface area contributed by atoms with Crippen molar-refractivity contribution >= 4 is 0 Å². The van der Waals surface area contributed by atoms with E-state index < -0.39 is 18.2 Å². The van der Waals surface area contributed by atoms with Gasteiger partial charge in [0.2, 0.25) is 0 Å².